The zero-order chi connectivity index (χ0) is 26.4. The highest BCUT2D eigenvalue weighted by Gasteiger charge is 2.38. The van der Waals surface area contributed by atoms with E-state index in [2.05, 4.69) is 16.4 Å². The Morgan fingerprint density at radius 3 is 2.84 bits per heavy atom. The van der Waals surface area contributed by atoms with Crippen molar-refractivity contribution in [3.05, 3.63) is 46.4 Å². The van der Waals surface area contributed by atoms with Gasteiger partial charge < -0.3 is 15.0 Å². The molecular weight excluding hydrogens is 492 g/mol. The SMILES string of the molecule is COCC(C)(C)CN1Cc2cc(Nc3nn(C4CCCCC4C#N)c4cc[nH]c(=O)c34)ccc2S1(O)O. The van der Waals surface area contributed by atoms with E-state index in [1.54, 1.807) is 29.7 Å². The quantitative estimate of drug-likeness (QED) is 0.328. The third kappa shape index (κ3) is 4.76. The minimum Gasteiger partial charge on any atom is -0.384 e. The molecule has 37 heavy (non-hydrogen) atoms. The first-order chi connectivity index (χ1) is 17.6. The summed E-state index contributed by atoms with van der Waals surface area (Å²) in [4.78, 5) is 16.1. The minimum absolute atomic E-state index is 0.0874. The first kappa shape index (κ1) is 25.8. The van der Waals surface area contributed by atoms with Crippen LogP contribution in [0, 0.1) is 22.7 Å². The van der Waals surface area contributed by atoms with E-state index >= 15 is 0 Å². The summed E-state index contributed by atoms with van der Waals surface area (Å²) in [6.45, 7) is 5.42. The van der Waals surface area contributed by atoms with Crippen molar-refractivity contribution < 1.29 is 13.8 Å². The number of aromatic amines is 1. The number of benzene rings is 1. The summed E-state index contributed by atoms with van der Waals surface area (Å²) in [5, 5.41) is 18.2. The molecule has 1 aliphatic carbocycles. The molecular formula is C26H34N6O4S. The van der Waals surface area contributed by atoms with Crippen molar-refractivity contribution in [2.24, 2.45) is 11.3 Å². The summed E-state index contributed by atoms with van der Waals surface area (Å²) in [7, 11) is -1.46. The maximum absolute atomic E-state index is 12.8. The number of pyridine rings is 1. The second-order valence-electron chi connectivity index (χ2n) is 10.8. The normalized spacial score (nSPS) is 22.5. The summed E-state index contributed by atoms with van der Waals surface area (Å²) in [5.74, 6) is 0.268. The van der Waals surface area contributed by atoms with Gasteiger partial charge in [0, 0.05) is 37.5 Å². The van der Waals surface area contributed by atoms with E-state index < -0.39 is 10.8 Å². The van der Waals surface area contributed by atoms with Gasteiger partial charge in [-0.2, -0.15) is 14.7 Å². The number of methoxy groups -OCH3 is 1. The van der Waals surface area contributed by atoms with Gasteiger partial charge >= 0.3 is 0 Å². The molecule has 5 rings (SSSR count). The van der Waals surface area contributed by atoms with Crippen LogP contribution in [0.1, 0.15) is 51.1 Å². The lowest BCUT2D eigenvalue weighted by Gasteiger charge is -2.41. The average molecular weight is 527 g/mol. The van der Waals surface area contributed by atoms with Gasteiger partial charge in [-0.25, -0.2) is 0 Å². The first-order valence-electron chi connectivity index (χ1n) is 12.6. The maximum Gasteiger partial charge on any atom is 0.261 e. The molecule has 0 amide bonds. The molecule has 0 saturated heterocycles. The first-order valence-corrected chi connectivity index (χ1v) is 14.1. The topological polar surface area (TPSA) is 139 Å². The van der Waals surface area contributed by atoms with E-state index in [0.29, 0.717) is 47.0 Å². The molecule has 1 aromatic carbocycles. The summed E-state index contributed by atoms with van der Waals surface area (Å²) < 4.78 is 30.9. The number of nitrogens with one attached hydrogen (secondary N) is 2. The van der Waals surface area contributed by atoms with E-state index in [-0.39, 0.29) is 22.9 Å². The van der Waals surface area contributed by atoms with Crippen LogP contribution in [0.3, 0.4) is 0 Å². The monoisotopic (exact) mass is 526 g/mol. The lowest BCUT2D eigenvalue weighted by molar-refractivity contribution is 0.0870. The van der Waals surface area contributed by atoms with Crippen LogP contribution in [0.4, 0.5) is 11.5 Å². The van der Waals surface area contributed by atoms with Crippen molar-refractivity contribution in [2.45, 2.75) is 57.0 Å². The number of nitrogens with zero attached hydrogens (tertiary/aromatic N) is 4. The van der Waals surface area contributed by atoms with Crippen molar-refractivity contribution in [2.75, 3.05) is 25.6 Å². The van der Waals surface area contributed by atoms with Crippen LogP contribution in [0.15, 0.2) is 40.2 Å². The van der Waals surface area contributed by atoms with Gasteiger partial charge in [0.2, 0.25) is 0 Å². The van der Waals surface area contributed by atoms with Crippen LogP contribution >= 0.6 is 10.8 Å². The Labute approximate surface area is 217 Å². The second-order valence-corrected chi connectivity index (χ2v) is 12.8. The molecule has 10 nitrogen and oxygen atoms in total. The third-order valence-corrected chi connectivity index (χ3v) is 9.27. The van der Waals surface area contributed by atoms with E-state index in [4.69, 9.17) is 9.84 Å². The summed E-state index contributed by atoms with van der Waals surface area (Å²) >= 11 is 0. The van der Waals surface area contributed by atoms with Crippen LogP contribution in [-0.2, 0) is 11.3 Å². The molecule has 2 aliphatic rings. The third-order valence-electron chi connectivity index (χ3n) is 7.30. The molecule has 0 bridgehead atoms. The molecule has 0 radical (unpaired) electrons. The van der Waals surface area contributed by atoms with Crippen molar-refractivity contribution in [1.82, 2.24) is 19.1 Å². The van der Waals surface area contributed by atoms with Gasteiger partial charge in [0.25, 0.3) is 5.56 Å². The highest BCUT2D eigenvalue weighted by Crippen LogP contribution is 2.59. The Balaban J connectivity index is 1.47. The molecule has 1 aliphatic heterocycles. The molecule has 2 atom stereocenters. The fourth-order valence-electron chi connectivity index (χ4n) is 5.66. The number of hydrogen-bond donors (Lipinski definition) is 4. The summed E-state index contributed by atoms with van der Waals surface area (Å²) in [6, 6.07) is 9.56. The summed E-state index contributed by atoms with van der Waals surface area (Å²) in [5.41, 5.74) is 1.70. The van der Waals surface area contributed by atoms with Crippen LogP contribution in [0.25, 0.3) is 10.9 Å². The lowest BCUT2D eigenvalue weighted by atomic mass is 9.85. The van der Waals surface area contributed by atoms with Gasteiger partial charge in [-0.05, 0) is 42.7 Å². The molecule has 198 valence electrons. The molecule has 0 spiro atoms. The van der Waals surface area contributed by atoms with Crippen LogP contribution in [-0.4, -0.2) is 48.4 Å². The predicted octanol–water partition coefficient (Wildman–Crippen LogP) is 5.24. The number of anilines is 2. The van der Waals surface area contributed by atoms with Crippen LogP contribution in [0.5, 0.6) is 0 Å². The van der Waals surface area contributed by atoms with E-state index in [9.17, 15) is 19.2 Å². The van der Waals surface area contributed by atoms with E-state index in [1.807, 2.05) is 30.7 Å². The predicted molar refractivity (Wildman–Crippen MR) is 144 cm³/mol. The second kappa shape index (κ2) is 9.78. The fourth-order valence-corrected chi connectivity index (χ4v) is 7.51. The highest BCUT2D eigenvalue weighted by molar-refractivity contribution is 8.22. The van der Waals surface area contributed by atoms with Crippen molar-refractivity contribution >= 4 is 33.2 Å². The zero-order valence-electron chi connectivity index (χ0n) is 21.4. The molecule has 3 aromatic rings. The van der Waals surface area contributed by atoms with E-state index in [1.165, 1.54) is 0 Å². The smallest absolute Gasteiger partial charge is 0.261 e. The van der Waals surface area contributed by atoms with Gasteiger partial charge in [0.15, 0.2) is 5.82 Å². The number of fused-ring (bicyclic) bond motifs is 2. The number of H-pyrrole nitrogens is 1. The Bertz CT molecular complexity index is 1410. The number of rotatable bonds is 7. The molecule has 2 aromatic heterocycles. The zero-order valence-corrected chi connectivity index (χ0v) is 22.2. The Morgan fingerprint density at radius 1 is 1.30 bits per heavy atom. The van der Waals surface area contributed by atoms with Gasteiger partial charge in [-0.3, -0.25) is 18.6 Å². The van der Waals surface area contributed by atoms with Crippen molar-refractivity contribution in [3.8, 4) is 6.07 Å². The fraction of sp³-hybridized carbons (Fsp3) is 0.500. The molecule has 3 heterocycles. The average Bonchev–Trinajstić information content (AvgIpc) is 3.33. The molecule has 11 heteroatoms. The molecule has 4 N–H and O–H groups in total. The Kier molecular flexibility index (Phi) is 6.81. The molecule has 2 unspecified atom stereocenters. The standard InChI is InChI=1S/C26H34N6O4S/c1-26(2,16-36-3)15-31-14-18-12-19(8-9-22(18)37(31,34)35)29-24-23-21(10-11-28-25(23)33)32(30-24)20-7-5-4-6-17(20)13-27/h8-12,17,20,34-35H,4-7,14-16H2,1-3H3,(H,28,33)(H,29,30). The van der Waals surface area contributed by atoms with Gasteiger partial charge in [-0.1, -0.05) is 26.7 Å². The number of ether oxygens (including phenoxy) is 1. The molecule has 1 fully saturated rings. The lowest BCUT2D eigenvalue weighted by Crippen LogP contribution is -2.35. The number of aromatic nitrogens is 3. The highest BCUT2D eigenvalue weighted by atomic mass is 32.3. The Morgan fingerprint density at radius 2 is 2.08 bits per heavy atom. The Hall–Kier alpha value is -2.88. The van der Waals surface area contributed by atoms with Crippen LogP contribution < -0.4 is 10.9 Å². The van der Waals surface area contributed by atoms with Gasteiger partial charge in [0.05, 0.1) is 35.0 Å². The number of nitriles is 1. The van der Waals surface area contributed by atoms with Crippen molar-refractivity contribution in [3.63, 3.8) is 0 Å². The van der Waals surface area contributed by atoms with Crippen molar-refractivity contribution in [1.29, 1.82) is 5.26 Å². The van der Waals surface area contributed by atoms with Gasteiger partial charge in [0.1, 0.15) is 5.39 Å². The van der Waals surface area contributed by atoms with E-state index in [0.717, 1.165) is 31.2 Å². The molecule has 1 saturated carbocycles. The van der Waals surface area contributed by atoms with Gasteiger partial charge in [-0.15, -0.1) is 10.8 Å². The maximum atomic E-state index is 12.8. The van der Waals surface area contributed by atoms with Crippen LogP contribution in [0.2, 0.25) is 0 Å². The number of hydrogen-bond acceptors (Lipinski definition) is 8. The minimum atomic E-state index is -3.10. The largest absolute Gasteiger partial charge is 0.384 e. The summed E-state index contributed by atoms with van der Waals surface area (Å²) in [6.07, 6.45) is 5.31.